The number of aryl methyl sites for hydroxylation is 1. The molecule has 0 radical (unpaired) electrons. The zero-order valence-corrected chi connectivity index (χ0v) is 22.0. The Morgan fingerprint density at radius 2 is 1.67 bits per heavy atom. The van der Waals surface area contributed by atoms with Crippen molar-refractivity contribution in [3.63, 3.8) is 0 Å². The first-order valence-electron chi connectivity index (χ1n) is 12.3. The van der Waals surface area contributed by atoms with Crippen LogP contribution in [0, 0.1) is 0 Å². The van der Waals surface area contributed by atoms with Gasteiger partial charge in [0.15, 0.2) is 11.5 Å². The predicted octanol–water partition coefficient (Wildman–Crippen LogP) is 4.93. The quantitative estimate of drug-likeness (QED) is 0.388. The lowest BCUT2D eigenvalue weighted by Gasteiger charge is -2.31. The van der Waals surface area contributed by atoms with Crippen molar-refractivity contribution in [3.8, 4) is 11.5 Å². The van der Waals surface area contributed by atoms with Crippen LogP contribution >= 0.6 is 15.9 Å². The molecule has 3 aromatic rings. The van der Waals surface area contributed by atoms with Gasteiger partial charge in [-0.2, -0.15) is 0 Å². The summed E-state index contributed by atoms with van der Waals surface area (Å²) < 4.78 is 12.2. The minimum atomic E-state index is -0.626. The molecule has 36 heavy (non-hydrogen) atoms. The van der Waals surface area contributed by atoms with Gasteiger partial charge in [0, 0.05) is 30.4 Å². The van der Waals surface area contributed by atoms with Gasteiger partial charge < -0.3 is 19.7 Å². The number of ether oxygens (including phenoxy) is 2. The van der Waals surface area contributed by atoms with E-state index in [2.05, 4.69) is 21.2 Å². The maximum Gasteiger partial charge on any atom is 0.243 e. The number of carbonyl (C=O) groups excluding carboxylic acids is 2. The third-order valence-electron chi connectivity index (χ3n) is 6.10. The first-order chi connectivity index (χ1) is 17.5. The number of nitrogens with zero attached hydrogens (tertiary/aromatic N) is 1. The van der Waals surface area contributed by atoms with Crippen LogP contribution < -0.4 is 14.8 Å². The molecule has 0 aromatic heterocycles. The number of rotatable bonds is 10. The first-order valence-corrected chi connectivity index (χ1v) is 13.1. The summed E-state index contributed by atoms with van der Waals surface area (Å²) in [4.78, 5) is 28.7. The Morgan fingerprint density at radius 3 is 2.42 bits per heavy atom. The van der Waals surface area contributed by atoms with Crippen LogP contribution in [0.3, 0.4) is 0 Å². The normalized spacial score (nSPS) is 13.1. The van der Waals surface area contributed by atoms with E-state index in [0.717, 1.165) is 26.9 Å². The molecule has 0 saturated heterocycles. The second-order valence-electron chi connectivity index (χ2n) is 8.73. The largest absolute Gasteiger partial charge is 0.486 e. The van der Waals surface area contributed by atoms with Gasteiger partial charge in [-0.3, -0.25) is 9.59 Å². The Balaban J connectivity index is 1.58. The second kappa shape index (κ2) is 12.6. The molecule has 0 aliphatic carbocycles. The summed E-state index contributed by atoms with van der Waals surface area (Å²) >= 11 is 3.52. The van der Waals surface area contributed by atoms with Crippen LogP contribution in [0.1, 0.15) is 30.0 Å². The number of carbonyl (C=O) groups is 2. The van der Waals surface area contributed by atoms with E-state index in [9.17, 15) is 9.59 Å². The molecule has 3 aromatic carbocycles. The van der Waals surface area contributed by atoms with Gasteiger partial charge in [0.25, 0.3) is 0 Å². The van der Waals surface area contributed by atoms with E-state index in [0.29, 0.717) is 44.9 Å². The number of hydrogen-bond acceptors (Lipinski definition) is 4. The van der Waals surface area contributed by atoms with Gasteiger partial charge in [-0.25, -0.2) is 0 Å². The number of benzene rings is 3. The van der Waals surface area contributed by atoms with Gasteiger partial charge in [0.2, 0.25) is 11.8 Å². The van der Waals surface area contributed by atoms with E-state index in [1.165, 1.54) is 0 Å². The van der Waals surface area contributed by atoms with E-state index in [1.54, 1.807) is 4.90 Å². The Morgan fingerprint density at radius 1 is 0.917 bits per heavy atom. The van der Waals surface area contributed by atoms with Gasteiger partial charge in [0.05, 0.1) is 0 Å². The molecular weight excluding hydrogens is 520 g/mol. The monoisotopic (exact) mass is 550 g/mol. The molecule has 0 saturated carbocycles. The number of halogens is 1. The van der Waals surface area contributed by atoms with E-state index >= 15 is 0 Å². The topological polar surface area (TPSA) is 67.9 Å². The summed E-state index contributed by atoms with van der Waals surface area (Å²) in [5.41, 5.74) is 2.96. The van der Waals surface area contributed by atoms with Gasteiger partial charge in [-0.15, -0.1) is 0 Å². The van der Waals surface area contributed by atoms with Crippen LogP contribution in [-0.2, 0) is 29.0 Å². The summed E-state index contributed by atoms with van der Waals surface area (Å²) in [7, 11) is 0. The van der Waals surface area contributed by atoms with Gasteiger partial charge in [-0.05, 0) is 54.3 Å². The van der Waals surface area contributed by atoms with E-state index < -0.39 is 6.04 Å². The maximum absolute atomic E-state index is 13.7. The van der Waals surface area contributed by atoms with Gasteiger partial charge >= 0.3 is 0 Å². The standard InChI is InChI=1S/C29H31BrN2O4/c1-2-31-29(34)25(18-21-7-4-3-5-8-21)32(20-23-9-6-10-24(30)17-23)28(33)14-12-22-11-13-26-27(19-22)36-16-15-35-26/h3-11,13,17,19,25H,2,12,14-16,18,20H2,1H3,(H,31,34)/t25-/m0/s1. The molecule has 1 heterocycles. The summed E-state index contributed by atoms with van der Waals surface area (Å²) in [6.07, 6.45) is 1.26. The summed E-state index contributed by atoms with van der Waals surface area (Å²) in [5.74, 6) is 1.22. The minimum absolute atomic E-state index is 0.0722. The van der Waals surface area contributed by atoms with Crippen molar-refractivity contribution in [2.45, 2.75) is 38.8 Å². The number of fused-ring (bicyclic) bond motifs is 1. The second-order valence-corrected chi connectivity index (χ2v) is 9.65. The third kappa shape index (κ3) is 6.88. The van der Waals surface area contributed by atoms with Crippen molar-refractivity contribution >= 4 is 27.7 Å². The lowest BCUT2D eigenvalue weighted by Crippen LogP contribution is -2.50. The molecule has 1 N–H and O–H groups in total. The third-order valence-corrected chi connectivity index (χ3v) is 6.59. The molecule has 0 fully saturated rings. The van der Waals surface area contributed by atoms with Crippen LogP contribution in [0.2, 0.25) is 0 Å². The highest BCUT2D eigenvalue weighted by molar-refractivity contribution is 9.10. The van der Waals surface area contributed by atoms with E-state index in [4.69, 9.17) is 9.47 Å². The maximum atomic E-state index is 13.7. The zero-order chi connectivity index (χ0) is 25.3. The highest BCUT2D eigenvalue weighted by Gasteiger charge is 2.30. The van der Waals surface area contributed by atoms with Gasteiger partial charge in [0.1, 0.15) is 19.3 Å². The molecule has 4 rings (SSSR count). The lowest BCUT2D eigenvalue weighted by atomic mass is 10.0. The minimum Gasteiger partial charge on any atom is -0.486 e. The first kappa shape index (κ1) is 25.8. The van der Waals surface area contributed by atoms with Crippen LogP contribution in [0.15, 0.2) is 77.3 Å². The highest BCUT2D eigenvalue weighted by atomic mass is 79.9. The molecular formula is C29H31BrN2O4. The molecule has 1 aliphatic heterocycles. The van der Waals surface area contributed by atoms with Crippen molar-refractivity contribution in [2.24, 2.45) is 0 Å². The fraction of sp³-hybridized carbons (Fsp3) is 0.310. The lowest BCUT2D eigenvalue weighted by molar-refractivity contribution is -0.141. The van der Waals surface area contributed by atoms with Crippen LogP contribution in [-0.4, -0.2) is 42.5 Å². The highest BCUT2D eigenvalue weighted by Crippen LogP contribution is 2.31. The fourth-order valence-corrected chi connectivity index (χ4v) is 4.76. The Bertz CT molecular complexity index is 1180. The summed E-state index contributed by atoms with van der Waals surface area (Å²) in [6.45, 7) is 3.79. The molecule has 7 heteroatoms. The molecule has 6 nitrogen and oxygen atoms in total. The molecule has 1 aliphatic rings. The summed E-state index contributed by atoms with van der Waals surface area (Å²) in [6, 6.07) is 22.8. The average molecular weight is 551 g/mol. The molecule has 1 atom stereocenters. The Hall–Kier alpha value is -3.32. The molecule has 0 spiro atoms. The smallest absolute Gasteiger partial charge is 0.243 e. The van der Waals surface area contributed by atoms with Crippen molar-refractivity contribution in [3.05, 3.63) is 94.0 Å². The van der Waals surface area contributed by atoms with E-state index in [-0.39, 0.29) is 18.2 Å². The van der Waals surface area contributed by atoms with Crippen LogP contribution in [0.25, 0.3) is 0 Å². The Kier molecular flexibility index (Phi) is 9.01. The van der Waals surface area contributed by atoms with Crippen molar-refractivity contribution < 1.29 is 19.1 Å². The number of likely N-dealkylation sites (N-methyl/N-ethyl adjacent to an activating group) is 1. The molecule has 0 unspecified atom stereocenters. The predicted molar refractivity (Wildman–Crippen MR) is 143 cm³/mol. The number of nitrogens with one attached hydrogen (secondary N) is 1. The van der Waals surface area contributed by atoms with E-state index in [1.807, 2.05) is 79.7 Å². The van der Waals surface area contributed by atoms with Crippen molar-refractivity contribution in [2.75, 3.05) is 19.8 Å². The van der Waals surface area contributed by atoms with Crippen molar-refractivity contribution in [1.29, 1.82) is 0 Å². The zero-order valence-electron chi connectivity index (χ0n) is 20.4. The SMILES string of the molecule is CCNC(=O)[C@H](Cc1ccccc1)N(Cc1cccc(Br)c1)C(=O)CCc1ccc2c(c1)OCCO2. The van der Waals surface area contributed by atoms with Crippen LogP contribution in [0.5, 0.6) is 11.5 Å². The Labute approximate surface area is 220 Å². The summed E-state index contributed by atoms with van der Waals surface area (Å²) in [5, 5.41) is 2.93. The fourth-order valence-electron chi connectivity index (χ4n) is 4.32. The van der Waals surface area contributed by atoms with Crippen molar-refractivity contribution in [1.82, 2.24) is 10.2 Å². The average Bonchev–Trinajstić information content (AvgIpc) is 2.90. The van der Waals surface area contributed by atoms with Crippen LogP contribution in [0.4, 0.5) is 0 Å². The number of amides is 2. The molecule has 0 bridgehead atoms. The molecule has 2 amide bonds. The number of hydrogen-bond donors (Lipinski definition) is 1. The van der Waals surface area contributed by atoms with Gasteiger partial charge in [-0.1, -0.05) is 64.5 Å². The molecule has 188 valence electrons.